The summed E-state index contributed by atoms with van der Waals surface area (Å²) in [5.74, 6) is 0. The standard InChI is InChI=1S/C19H19N3S/c1-14-9-10-15-6-2-3-8-18(15)22(14)12-16-13-23-19(21-16)17-7-4-5-11-20-17/h2-8,11,13-14H,9-10,12H2,1H3. The maximum atomic E-state index is 4.80. The Morgan fingerprint density at radius 2 is 2.04 bits per heavy atom. The Morgan fingerprint density at radius 1 is 1.17 bits per heavy atom. The molecule has 23 heavy (non-hydrogen) atoms. The molecule has 1 unspecified atom stereocenters. The van der Waals surface area contributed by atoms with E-state index in [4.69, 9.17) is 4.98 Å². The highest BCUT2D eigenvalue weighted by Gasteiger charge is 2.23. The molecule has 0 N–H and O–H groups in total. The van der Waals surface area contributed by atoms with Gasteiger partial charge in [0.05, 0.1) is 17.9 Å². The molecule has 1 aliphatic rings. The number of anilines is 1. The molecule has 1 aliphatic heterocycles. The van der Waals surface area contributed by atoms with Crippen molar-refractivity contribution in [3.8, 4) is 10.7 Å². The molecular formula is C19H19N3S. The van der Waals surface area contributed by atoms with Crippen LogP contribution in [0.2, 0.25) is 0 Å². The van der Waals surface area contributed by atoms with Crippen LogP contribution in [0.25, 0.3) is 10.7 Å². The number of rotatable bonds is 3. The molecule has 1 aromatic carbocycles. The molecule has 0 fully saturated rings. The van der Waals surface area contributed by atoms with Crippen LogP contribution in [0.1, 0.15) is 24.6 Å². The number of nitrogens with zero attached hydrogens (tertiary/aromatic N) is 3. The van der Waals surface area contributed by atoms with Crippen molar-refractivity contribution >= 4 is 17.0 Å². The Labute approximate surface area is 140 Å². The van der Waals surface area contributed by atoms with Gasteiger partial charge in [-0.3, -0.25) is 4.98 Å². The number of aryl methyl sites for hydroxylation is 1. The van der Waals surface area contributed by atoms with Gasteiger partial charge in [-0.15, -0.1) is 11.3 Å². The maximum Gasteiger partial charge on any atom is 0.142 e. The Balaban J connectivity index is 1.60. The summed E-state index contributed by atoms with van der Waals surface area (Å²) in [4.78, 5) is 11.7. The van der Waals surface area contributed by atoms with E-state index in [-0.39, 0.29) is 0 Å². The second-order valence-electron chi connectivity index (χ2n) is 6.00. The van der Waals surface area contributed by atoms with Crippen LogP contribution in [-0.4, -0.2) is 16.0 Å². The number of para-hydroxylation sites is 1. The Hall–Kier alpha value is -2.20. The van der Waals surface area contributed by atoms with Crippen LogP contribution in [0.15, 0.2) is 54.0 Å². The molecule has 0 saturated heterocycles. The van der Waals surface area contributed by atoms with Crippen molar-refractivity contribution in [2.75, 3.05) is 4.90 Å². The highest BCUT2D eigenvalue weighted by molar-refractivity contribution is 7.13. The number of hydrogen-bond donors (Lipinski definition) is 0. The van der Waals surface area contributed by atoms with E-state index >= 15 is 0 Å². The van der Waals surface area contributed by atoms with Gasteiger partial charge in [0.2, 0.25) is 0 Å². The van der Waals surface area contributed by atoms with E-state index in [9.17, 15) is 0 Å². The highest BCUT2D eigenvalue weighted by Crippen LogP contribution is 2.32. The highest BCUT2D eigenvalue weighted by atomic mass is 32.1. The average Bonchev–Trinajstić information content (AvgIpc) is 3.07. The Bertz CT molecular complexity index is 797. The first-order valence-corrected chi connectivity index (χ1v) is 8.89. The predicted molar refractivity (Wildman–Crippen MR) is 95.8 cm³/mol. The van der Waals surface area contributed by atoms with Crippen molar-refractivity contribution in [2.45, 2.75) is 32.4 Å². The molecule has 0 aliphatic carbocycles. The summed E-state index contributed by atoms with van der Waals surface area (Å²) in [5, 5.41) is 3.16. The molecule has 1 atom stereocenters. The number of fused-ring (bicyclic) bond motifs is 1. The summed E-state index contributed by atoms with van der Waals surface area (Å²) >= 11 is 1.67. The van der Waals surface area contributed by atoms with E-state index in [1.165, 1.54) is 24.1 Å². The number of benzene rings is 1. The zero-order valence-electron chi connectivity index (χ0n) is 13.1. The quantitative estimate of drug-likeness (QED) is 0.709. The number of aromatic nitrogens is 2. The number of hydrogen-bond acceptors (Lipinski definition) is 4. The van der Waals surface area contributed by atoms with Crippen LogP contribution in [0, 0.1) is 0 Å². The topological polar surface area (TPSA) is 29.0 Å². The van der Waals surface area contributed by atoms with Crippen molar-refractivity contribution < 1.29 is 0 Å². The van der Waals surface area contributed by atoms with E-state index < -0.39 is 0 Å². The lowest BCUT2D eigenvalue weighted by molar-refractivity contribution is 0.557. The minimum atomic E-state index is 0.546. The fraction of sp³-hybridized carbons (Fsp3) is 0.263. The fourth-order valence-electron chi connectivity index (χ4n) is 3.16. The summed E-state index contributed by atoms with van der Waals surface area (Å²) in [5.41, 5.74) is 4.89. The minimum absolute atomic E-state index is 0.546. The molecule has 0 saturated carbocycles. The van der Waals surface area contributed by atoms with Gasteiger partial charge >= 0.3 is 0 Å². The van der Waals surface area contributed by atoms with Crippen LogP contribution in [0.3, 0.4) is 0 Å². The SMILES string of the molecule is CC1CCc2ccccc2N1Cc1csc(-c2ccccn2)n1. The van der Waals surface area contributed by atoms with Crippen molar-refractivity contribution in [3.63, 3.8) is 0 Å². The molecule has 4 heteroatoms. The van der Waals surface area contributed by atoms with Crippen LogP contribution in [0.5, 0.6) is 0 Å². The monoisotopic (exact) mass is 321 g/mol. The third kappa shape index (κ3) is 2.86. The van der Waals surface area contributed by atoms with Gasteiger partial charge < -0.3 is 4.90 Å². The second kappa shape index (κ2) is 6.13. The lowest BCUT2D eigenvalue weighted by Gasteiger charge is -2.36. The largest absolute Gasteiger partial charge is 0.363 e. The van der Waals surface area contributed by atoms with E-state index in [1.54, 1.807) is 11.3 Å². The lowest BCUT2D eigenvalue weighted by atomic mass is 9.96. The van der Waals surface area contributed by atoms with Gasteiger partial charge in [-0.25, -0.2) is 4.98 Å². The first-order chi connectivity index (χ1) is 11.3. The molecule has 3 heterocycles. The van der Waals surface area contributed by atoms with Gasteiger partial charge in [-0.2, -0.15) is 0 Å². The molecule has 0 radical (unpaired) electrons. The molecule has 0 spiro atoms. The summed E-state index contributed by atoms with van der Waals surface area (Å²) in [7, 11) is 0. The molecular weight excluding hydrogens is 302 g/mol. The zero-order chi connectivity index (χ0) is 15.6. The smallest absolute Gasteiger partial charge is 0.142 e. The normalized spacial score (nSPS) is 17.1. The molecule has 116 valence electrons. The molecule has 0 bridgehead atoms. The van der Waals surface area contributed by atoms with Gasteiger partial charge in [-0.1, -0.05) is 24.3 Å². The predicted octanol–water partition coefficient (Wildman–Crippen LogP) is 4.55. The summed E-state index contributed by atoms with van der Waals surface area (Å²) in [6, 6.07) is 15.2. The first-order valence-electron chi connectivity index (χ1n) is 8.01. The van der Waals surface area contributed by atoms with E-state index in [0.717, 1.165) is 22.9 Å². The third-order valence-electron chi connectivity index (χ3n) is 4.43. The zero-order valence-corrected chi connectivity index (χ0v) is 14.0. The van der Waals surface area contributed by atoms with Crippen molar-refractivity contribution in [1.82, 2.24) is 9.97 Å². The summed E-state index contributed by atoms with van der Waals surface area (Å²) in [6.45, 7) is 3.17. The second-order valence-corrected chi connectivity index (χ2v) is 6.86. The van der Waals surface area contributed by atoms with Crippen molar-refractivity contribution in [2.24, 2.45) is 0 Å². The molecule has 4 rings (SSSR count). The number of thiazole rings is 1. The summed E-state index contributed by atoms with van der Waals surface area (Å²) < 4.78 is 0. The maximum absolute atomic E-state index is 4.80. The Morgan fingerprint density at radius 3 is 2.91 bits per heavy atom. The summed E-state index contributed by atoms with van der Waals surface area (Å²) in [6.07, 6.45) is 4.19. The molecule has 2 aromatic heterocycles. The number of pyridine rings is 1. The lowest BCUT2D eigenvalue weighted by Crippen LogP contribution is -2.36. The van der Waals surface area contributed by atoms with Crippen LogP contribution >= 0.6 is 11.3 Å². The van der Waals surface area contributed by atoms with Gasteiger partial charge in [-0.05, 0) is 43.5 Å². The first kappa shape index (κ1) is 14.4. The van der Waals surface area contributed by atoms with Crippen molar-refractivity contribution in [1.29, 1.82) is 0 Å². The van der Waals surface area contributed by atoms with Crippen molar-refractivity contribution in [3.05, 3.63) is 65.3 Å². The van der Waals surface area contributed by atoms with Gasteiger partial charge in [0.1, 0.15) is 5.01 Å². The fourth-order valence-corrected chi connectivity index (χ4v) is 3.95. The average molecular weight is 321 g/mol. The molecule has 0 amide bonds. The van der Waals surface area contributed by atoms with Gasteiger partial charge in [0.15, 0.2) is 0 Å². The van der Waals surface area contributed by atoms with E-state index in [2.05, 4.69) is 46.5 Å². The van der Waals surface area contributed by atoms with E-state index in [0.29, 0.717) is 6.04 Å². The third-order valence-corrected chi connectivity index (χ3v) is 5.35. The minimum Gasteiger partial charge on any atom is -0.363 e. The molecule has 3 aromatic rings. The van der Waals surface area contributed by atoms with Crippen LogP contribution in [0.4, 0.5) is 5.69 Å². The van der Waals surface area contributed by atoms with Gasteiger partial charge in [0.25, 0.3) is 0 Å². The van der Waals surface area contributed by atoms with E-state index in [1.807, 2.05) is 24.4 Å². The van der Waals surface area contributed by atoms with Gasteiger partial charge in [0, 0.05) is 23.3 Å². The van der Waals surface area contributed by atoms with Crippen LogP contribution < -0.4 is 4.90 Å². The molecule has 3 nitrogen and oxygen atoms in total. The van der Waals surface area contributed by atoms with Crippen LogP contribution in [-0.2, 0) is 13.0 Å². The Kier molecular flexibility index (Phi) is 3.83.